The van der Waals surface area contributed by atoms with Crippen LogP contribution in [0.1, 0.15) is 35.0 Å². The molecule has 9 nitrogen and oxygen atoms in total. The average molecular weight is 466 g/mol. The van der Waals surface area contributed by atoms with Crippen LogP contribution in [0.15, 0.2) is 63.8 Å². The molecule has 2 amide bonds. The Balaban J connectivity index is 1.94. The molecule has 178 valence electrons. The van der Waals surface area contributed by atoms with Crippen molar-refractivity contribution in [2.75, 3.05) is 7.11 Å². The first kappa shape index (κ1) is 24.4. The Hall–Kier alpha value is -4.27. The molecule has 0 saturated heterocycles. The van der Waals surface area contributed by atoms with E-state index in [9.17, 15) is 24.6 Å². The third-order valence-electron chi connectivity index (χ3n) is 5.35. The molecule has 3 rings (SSSR count). The zero-order chi connectivity index (χ0) is 24.8. The van der Waals surface area contributed by atoms with Gasteiger partial charge >= 0.3 is 0 Å². The van der Waals surface area contributed by atoms with Crippen molar-refractivity contribution < 1.29 is 29.0 Å². The first-order valence-electron chi connectivity index (χ1n) is 10.5. The van der Waals surface area contributed by atoms with E-state index in [1.807, 2.05) is 30.3 Å². The Morgan fingerprint density at radius 1 is 1.12 bits per heavy atom. The summed E-state index contributed by atoms with van der Waals surface area (Å²) >= 11 is 0. The third-order valence-corrected chi connectivity index (χ3v) is 5.35. The Labute approximate surface area is 195 Å². The van der Waals surface area contributed by atoms with E-state index in [1.165, 1.54) is 25.3 Å². The standard InChI is InChI=1S/C25H26N2O7/c1-14-10-20(29)23(31)24(34-14)17(16-8-9-19(28)21(12-16)33-2)13-22(30)27-18(25(26)32)11-15-6-4-3-5-7-15/h3-10,12,17-18,28,31H,11,13H2,1-2H3,(H2,26,32)(H,27,30)/t17?,18-/m0/s1. The van der Waals surface area contributed by atoms with Gasteiger partial charge in [-0.3, -0.25) is 14.4 Å². The second kappa shape index (κ2) is 10.6. The molecule has 9 heteroatoms. The first-order chi connectivity index (χ1) is 16.2. The molecule has 1 unspecified atom stereocenters. The smallest absolute Gasteiger partial charge is 0.240 e. The van der Waals surface area contributed by atoms with Crippen LogP contribution in [0.25, 0.3) is 0 Å². The molecule has 3 aromatic rings. The molecule has 1 aromatic heterocycles. The molecule has 0 aliphatic carbocycles. The van der Waals surface area contributed by atoms with Gasteiger partial charge in [0.2, 0.25) is 23.0 Å². The maximum absolute atomic E-state index is 13.0. The van der Waals surface area contributed by atoms with Gasteiger partial charge in [0, 0.05) is 18.9 Å². The largest absolute Gasteiger partial charge is 0.504 e. The fourth-order valence-corrected chi connectivity index (χ4v) is 3.65. The number of hydrogen-bond acceptors (Lipinski definition) is 7. The lowest BCUT2D eigenvalue weighted by Gasteiger charge is -2.21. The molecule has 0 fully saturated rings. The van der Waals surface area contributed by atoms with Gasteiger partial charge in [0.15, 0.2) is 17.3 Å². The number of carbonyl (C=O) groups is 2. The molecule has 0 radical (unpaired) electrons. The number of benzene rings is 2. The summed E-state index contributed by atoms with van der Waals surface area (Å²) in [4.78, 5) is 37.2. The number of phenols is 1. The Morgan fingerprint density at radius 3 is 2.47 bits per heavy atom. The van der Waals surface area contributed by atoms with Crippen LogP contribution in [0.4, 0.5) is 0 Å². The molecule has 2 atom stereocenters. The predicted molar refractivity (Wildman–Crippen MR) is 124 cm³/mol. The molecule has 2 aromatic carbocycles. The highest BCUT2D eigenvalue weighted by atomic mass is 16.5. The maximum atomic E-state index is 13.0. The fourth-order valence-electron chi connectivity index (χ4n) is 3.65. The van der Waals surface area contributed by atoms with Crippen LogP contribution in [0.5, 0.6) is 17.2 Å². The summed E-state index contributed by atoms with van der Waals surface area (Å²) in [6, 6.07) is 13.6. The van der Waals surface area contributed by atoms with Crippen molar-refractivity contribution in [1.29, 1.82) is 0 Å². The molecule has 0 spiro atoms. The number of nitrogens with one attached hydrogen (secondary N) is 1. The third kappa shape index (κ3) is 5.74. The van der Waals surface area contributed by atoms with Crippen molar-refractivity contribution in [3.63, 3.8) is 0 Å². The number of nitrogens with two attached hydrogens (primary N) is 1. The van der Waals surface area contributed by atoms with E-state index < -0.39 is 35.0 Å². The molecule has 0 bridgehead atoms. The number of amides is 2. The Bertz CT molecular complexity index is 1240. The number of rotatable bonds is 9. The summed E-state index contributed by atoms with van der Waals surface area (Å²) in [6.45, 7) is 1.54. The van der Waals surface area contributed by atoms with Gasteiger partial charge in [0.25, 0.3) is 0 Å². The van der Waals surface area contributed by atoms with Crippen LogP contribution in [0, 0.1) is 6.92 Å². The average Bonchev–Trinajstić information content (AvgIpc) is 2.80. The summed E-state index contributed by atoms with van der Waals surface area (Å²) in [6.07, 6.45) is -0.0865. The van der Waals surface area contributed by atoms with Gasteiger partial charge in [0.05, 0.1) is 13.0 Å². The van der Waals surface area contributed by atoms with Gasteiger partial charge in [-0.15, -0.1) is 0 Å². The summed E-state index contributed by atoms with van der Waals surface area (Å²) in [7, 11) is 1.37. The van der Waals surface area contributed by atoms with Crippen LogP contribution in [0.2, 0.25) is 0 Å². The van der Waals surface area contributed by atoms with Crippen molar-refractivity contribution >= 4 is 11.8 Å². The molecular weight excluding hydrogens is 440 g/mol. The minimum absolute atomic E-state index is 0.119. The van der Waals surface area contributed by atoms with Crippen LogP contribution >= 0.6 is 0 Å². The number of carbonyl (C=O) groups excluding carboxylic acids is 2. The molecule has 0 aliphatic rings. The molecular formula is C25H26N2O7. The Morgan fingerprint density at radius 2 is 1.82 bits per heavy atom. The fraction of sp³-hybridized carbons (Fsp3) is 0.240. The van der Waals surface area contributed by atoms with Crippen LogP contribution in [0.3, 0.4) is 0 Å². The maximum Gasteiger partial charge on any atom is 0.240 e. The highest BCUT2D eigenvalue weighted by Crippen LogP contribution is 2.37. The van der Waals surface area contributed by atoms with E-state index in [4.69, 9.17) is 14.9 Å². The number of primary amides is 1. The van der Waals surface area contributed by atoms with Crippen molar-refractivity contribution in [2.45, 2.75) is 31.7 Å². The number of aryl methyl sites for hydroxylation is 1. The van der Waals surface area contributed by atoms with Crippen molar-refractivity contribution in [2.24, 2.45) is 5.73 Å². The van der Waals surface area contributed by atoms with E-state index in [0.29, 0.717) is 5.56 Å². The lowest BCUT2D eigenvalue weighted by Crippen LogP contribution is -2.46. The topological polar surface area (TPSA) is 152 Å². The lowest BCUT2D eigenvalue weighted by atomic mass is 9.91. The number of methoxy groups -OCH3 is 1. The molecule has 5 N–H and O–H groups in total. The van der Waals surface area contributed by atoms with Gasteiger partial charge < -0.3 is 30.4 Å². The SMILES string of the molecule is COc1cc(C(CC(=O)N[C@@H](Cc2ccccc2)C(N)=O)c2oc(C)cc(=O)c2O)ccc1O. The van der Waals surface area contributed by atoms with Crippen molar-refractivity contribution in [1.82, 2.24) is 5.32 Å². The van der Waals surface area contributed by atoms with Gasteiger partial charge in [0.1, 0.15) is 11.8 Å². The number of aromatic hydroxyl groups is 2. The molecule has 1 heterocycles. The van der Waals surface area contributed by atoms with E-state index in [-0.39, 0.29) is 35.9 Å². The minimum Gasteiger partial charge on any atom is -0.504 e. The molecule has 0 saturated carbocycles. The first-order valence-corrected chi connectivity index (χ1v) is 10.5. The minimum atomic E-state index is -0.969. The number of ether oxygens (including phenoxy) is 1. The van der Waals surface area contributed by atoms with E-state index >= 15 is 0 Å². The zero-order valence-corrected chi connectivity index (χ0v) is 18.8. The highest BCUT2D eigenvalue weighted by molar-refractivity contribution is 5.87. The van der Waals surface area contributed by atoms with Gasteiger partial charge in [-0.1, -0.05) is 36.4 Å². The van der Waals surface area contributed by atoms with Crippen molar-refractivity contribution in [3.05, 3.63) is 87.5 Å². The number of hydrogen-bond donors (Lipinski definition) is 4. The van der Waals surface area contributed by atoms with Gasteiger partial charge in [-0.2, -0.15) is 0 Å². The molecule has 34 heavy (non-hydrogen) atoms. The Kier molecular flexibility index (Phi) is 7.57. The van der Waals surface area contributed by atoms with Crippen LogP contribution in [-0.4, -0.2) is 35.2 Å². The normalized spacial score (nSPS) is 12.5. The quantitative estimate of drug-likeness (QED) is 0.377. The highest BCUT2D eigenvalue weighted by Gasteiger charge is 2.28. The second-order valence-corrected chi connectivity index (χ2v) is 7.83. The summed E-state index contributed by atoms with van der Waals surface area (Å²) < 4.78 is 10.8. The van der Waals surface area contributed by atoms with Crippen LogP contribution in [-0.2, 0) is 16.0 Å². The van der Waals surface area contributed by atoms with Gasteiger partial charge in [-0.25, -0.2) is 0 Å². The summed E-state index contributed by atoms with van der Waals surface area (Å²) in [5, 5.41) is 23.0. The van der Waals surface area contributed by atoms with E-state index in [2.05, 4.69) is 5.32 Å². The van der Waals surface area contributed by atoms with Crippen molar-refractivity contribution in [3.8, 4) is 17.2 Å². The number of phenolic OH excluding ortho intramolecular Hbond substituents is 1. The molecule has 0 aliphatic heterocycles. The zero-order valence-electron chi connectivity index (χ0n) is 18.8. The van der Waals surface area contributed by atoms with Gasteiger partial charge in [-0.05, 0) is 30.2 Å². The van der Waals surface area contributed by atoms with Crippen LogP contribution < -0.4 is 21.2 Å². The van der Waals surface area contributed by atoms with E-state index in [1.54, 1.807) is 6.92 Å². The monoisotopic (exact) mass is 466 g/mol. The second-order valence-electron chi connectivity index (χ2n) is 7.83. The van der Waals surface area contributed by atoms with E-state index in [0.717, 1.165) is 11.6 Å². The predicted octanol–water partition coefficient (Wildman–Crippen LogP) is 2.10. The summed E-state index contributed by atoms with van der Waals surface area (Å²) in [5.41, 5.74) is 6.10. The lowest BCUT2D eigenvalue weighted by molar-refractivity contribution is -0.127. The summed E-state index contributed by atoms with van der Waals surface area (Å²) in [5.74, 6) is -2.68.